The molecule has 0 aliphatic heterocycles. The lowest BCUT2D eigenvalue weighted by molar-refractivity contribution is -0.138. The second-order valence-corrected chi connectivity index (χ2v) is 6.55. The van der Waals surface area contributed by atoms with Crippen LogP contribution in [0.4, 0.5) is 0 Å². The molecule has 0 aliphatic rings. The second kappa shape index (κ2) is 7.78. The third kappa shape index (κ3) is 4.45. The van der Waals surface area contributed by atoms with E-state index in [1.807, 2.05) is 6.92 Å². The first-order valence-corrected chi connectivity index (χ1v) is 8.12. The first kappa shape index (κ1) is 18.0. The van der Waals surface area contributed by atoms with Gasteiger partial charge in [-0.1, -0.05) is 30.2 Å². The van der Waals surface area contributed by atoms with Crippen LogP contribution in [0.5, 0.6) is 0 Å². The van der Waals surface area contributed by atoms with Crippen molar-refractivity contribution in [3.8, 4) is 12.3 Å². The molecule has 5 nitrogen and oxygen atoms in total. The van der Waals surface area contributed by atoms with E-state index in [0.29, 0.717) is 0 Å². The van der Waals surface area contributed by atoms with Gasteiger partial charge in [0.2, 0.25) is 10.0 Å². The molecule has 0 amide bonds. The zero-order valence-corrected chi connectivity index (χ0v) is 13.5. The van der Waals surface area contributed by atoms with Crippen LogP contribution < -0.4 is 0 Å². The molecular weight excluding hydrogens is 302 g/mol. The van der Waals surface area contributed by atoms with Crippen LogP contribution in [-0.4, -0.2) is 38.4 Å². The van der Waals surface area contributed by atoms with Crippen LogP contribution in [0.15, 0.2) is 41.3 Å². The van der Waals surface area contributed by atoms with Crippen LogP contribution >= 0.6 is 0 Å². The topological polar surface area (TPSA) is 63.7 Å². The average molecular weight is 321 g/mol. The fourth-order valence-corrected chi connectivity index (χ4v) is 3.05. The summed E-state index contributed by atoms with van der Waals surface area (Å²) in [5.74, 6) is 1.65. The van der Waals surface area contributed by atoms with Gasteiger partial charge >= 0.3 is 5.97 Å². The molecule has 0 saturated heterocycles. The number of esters is 1. The van der Waals surface area contributed by atoms with Crippen LogP contribution in [0.25, 0.3) is 0 Å². The van der Waals surface area contributed by atoms with Crippen molar-refractivity contribution in [2.45, 2.75) is 18.7 Å². The lowest BCUT2D eigenvalue weighted by atomic mass is 10.2. The number of rotatable bonds is 7. The maximum absolute atomic E-state index is 12.6. The maximum atomic E-state index is 12.6. The molecule has 0 bridgehead atoms. The normalized spacial score (nSPS) is 11.0. The van der Waals surface area contributed by atoms with E-state index >= 15 is 0 Å². The summed E-state index contributed by atoms with van der Waals surface area (Å²) in [6.45, 7) is 6.91. The third-order valence-corrected chi connectivity index (χ3v) is 4.66. The van der Waals surface area contributed by atoms with Gasteiger partial charge in [0, 0.05) is 12.1 Å². The Bertz CT molecular complexity index is 684. The lowest BCUT2D eigenvalue weighted by Gasteiger charge is -2.20. The minimum absolute atomic E-state index is 0.0350. The standard InChI is InChI=1S/C16H19NO4S/c1-5-11-17(12-14(4)16(18)21-6-2)22(19,20)15-9-7-13(3)8-10-15/h1,7-10H,4,6,11-12H2,2-3H3. The van der Waals surface area contributed by atoms with Crippen LogP contribution in [0.2, 0.25) is 0 Å². The van der Waals surface area contributed by atoms with E-state index in [2.05, 4.69) is 12.5 Å². The summed E-state index contributed by atoms with van der Waals surface area (Å²) >= 11 is 0. The van der Waals surface area contributed by atoms with Gasteiger partial charge in [-0.2, -0.15) is 4.31 Å². The minimum Gasteiger partial charge on any atom is -0.463 e. The summed E-state index contributed by atoms with van der Waals surface area (Å²) in [5.41, 5.74) is 0.978. The van der Waals surface area contributed by atoms with Gasteiger partial charge in [-0.15, -0.1) is 6.42 Å². The molecule has 0 radical (unpaired) electrons. The fraction of sp³-hybridized carbons (Fsp3) is 0.312. The number of carbonyl (C=O) groups is 1. The van der Waals surface area contributed by atoms with Crippen molar-refractivity contribution in [1.82, 2.24) is 4.31 Å². The predicted octanol–water partition coefficient (Wildman–Crippen LogP) is 1.74. The number of hydrogen-bond donors (Lipinski definition) is 0. The van der Waals surface area contributed by atoms with Gasteiger partial charge in [-0.3, -0.25) is 0 Å². The van der Waals surface area contributed by atoms with E-state index in [1.165, 1.54) is 12.1 Å². The van der Waals surface area contributed by atoms with Crippen molar-refractivity contribution < 1.29 is 17.9 Å². The molecule has 0 saturated carbocycles. The van der Waals surface area contributed by atoms with Gasteiger partial charge < -0.3 is 4.74 Å². The molecule has 6 heteroatoms. The molecule has 22 heavy (non-hydrogen) atoms. The van der Waals surface area contributed by atoms with Gasteiger partial charge in [-0.25, -0.2) is 13.2 Å². The highest BCUT2D eigenvalue weighted by atomic mass is 32.2. The van der Waals surface area contributed by atoms with Crippen molar-refractivity contribution in [3.63, 3.8) is 0 Å². The van der Waals surface area contributed by atoms with E-state index in [1.54, 1.807) is 19.1 Å². The Morgan fingerprint density at radius 1 is 1.36 bits per heavy atom. The van der Waals surface area contributed by atoms with Crippen LogP contribution in [0.3, 0.4) is 0 Å². The molecule has 0 fully saturated rings. The Morgan fingerprint density at radius 3 is 2.45 bits per heavy atom. The number of benzene rings is 1. The molecule has 0 N–H and O–H groups in total. The molecule has 0 aromatic heterocycles. The van der Waals surface area contributed by atoms with Crippen molar-refractivity contribution in [2.75, 3.05) is 19.7 Å². The molecule has 1 rings (SSSR count). The Labute approximate surface area is 131 Å². The van der Waals surface area contributed by atoms with Gasteiger partial charge in [0.25, 0.3) is 0 Å². The zero-order chi connectivity index (χ0) is 16.8. The summed E-state index contributed by atoms with van der Waals surface area (Å²) in [6.07, 6.45) is 5.24. The highest BCUT2D eigenvalue weighted by molar-refractivity contribution is 7.89. The quantitative estimate of drug-likeness (QED) is 0.436. The minimum atomic E-state index is -3.80. The predicted molar refractivity (Wildman–Crippen MR) is 84.5 cm³/mol. The summed E-state index contributed by atoms with van der Waals surface area (Å²) < 4.78 is 31.0. The highest BCUT2D eigenvalue weighted by Crippen LogP contribution is 2.17. The van der Waals surface area contributed by atoms with Gasteiger partial charge in [-0.05, 0) is 26.0 Å². The summed E-state index contributed by atoms with van der Waals surface area (Å²) in [6, 6.07) is 6.39. The average Bonchev–Trinajstić information content (AvgIpc) is 2.47. The summed E-state index contributed by atoms with van der Waals surface area (Å²) in [5, 5.41) is 0. The van der Waals surface area contributed by atoms with E-state index < -0.39 is 16.0 Å². The number of terminal acetylenes is 1. The molecule has 0 aliphatic carbocycles. The summed E-state index contributed by atoms with van der Waals surface area (Å²) in [4.78, 5) is 11.7. The number of hydrogen-bond acceptors (Lipinski definition) is 4. The summed E-state index contributed by atoms with van der Waals surface area (Å²) in [7, 11) is -3.80. The van der Waals surface area contributed by atoms with Gasteiger partial charge in [0.15, 0.2) is 0 Å². The number of ether oxygens (including phenoxy) is 1. The number of nitrogens with zero attached hydrogens (tertiary/aromatic N) is 1. The Kier molecular flexibility index (Phi) is 6.35. The maximum Gasteiger partial charge on any atom is 0.334 e. The molecule has 0 atom stereocenters. The Morgan fingerprint density at radius 2 is 1.95 bits per heavy atom. The zero-order valence-electron chi connectivity index (χ0n) is 12.7. The molecule has 0 spiro atoms. The molecule has 1 aromatic rings. The van der Waals surface area contributed by atoms with Gasteiger partial charge in [0.05, 0.1) is 18.0 Å². The molecule has 0 heterocycles. The van der Waals surface area contributed by atoms with Crippen molar-refractivity contribution in [1.29, 1.82) is 0 Å². The van der Waals surface area contributed by atoms with Crippen LogP contribution in [0, 0.1) is 19.3 Å². The van der Waals surface area contributed by atoms with Crippen molar-refractivity contribution >= 4 is 16.0 Å². The Hall–Kier alpha value is -2.10. The van der Waals surface area contributed by atoms with Crippen molar-refractivity contribution in [3.05, 3.63) is 42.0 Å². The number of carbonyl (C=O) groups excluding carboxylic acids is 1. The van der Waals surface area contributed by atoms with E-state index in [4.69, 9.17) is 11.2 Å². The van der Waals surface area contributed by atoms with Crippen LogP contribution in [-0.2, 0) is 19.6 Å². The lowest BCUT2D eigenvalue weighted by Crippen LogP contribution is -2.34. The molecular formula is C16H19NO4S. The Balaban J connectivity index is 3.04. The van der Waals surface area contributed by atoms with Crippen LogP contribution in [0.1, 0.15) is 12.5 Å². The first-order chi connectivity index (χ1) is 10.3. The monoisotopic (exact) mass is 321 g/mol. The number of aryl methyl sites for hydroxylation is 1. The van der Waals surface area contributed by atoms with E-state index in [9.17, 15) is 13.2 Å². The van der Waals surface area contributed by atoms with Gasteiger partial charge in [0.1, 0.15) is 0 Å². The number of sulfonamides is 1. The SMILES string of the molecule is C#CCN(CC(=C)C(=O)OCC)S(=O)(=O)c1ccc(C)cc1. The second-order valence-electron chi connectivity index (χ2n) is 4.61. The molecule has 1 aromatic carbocycles. The fourth-order valence-electron chi connectivity index (χ4n) is 1.70. The van der Waals surface area contributed by atoms with Crippen molar-refractivity contribution in [2.24, 2.45) is 0 Å². The largest absolute Gasteiger partial charge is 0.463 e. The third-order valence-electron chi connectivity index (χ3n) is 2.86. The highest BCUT2D eigenvalue weighted by Gasteiger charge is 2.26. The smallest absolute Gasteiger partial charge is 0.334 e. The molecule has 0 unspecified atom stereocenters. The van der Waals surface area contributed by atoms with E-state index in [0.717, 1.165) is 9.87 Å². The first-order valence-electron chi connectivity index (χ1n) is 6.68. The van der Waals surface area contributed by atoms with E-state index in [-0.39, 0.29) is 30.2 Å². The molecule has 118 valence electrons.